The Labute approximate surface area is 120 Å². The summed E-state index contributed by atoms with van der Waals surface area (Å²) in [6.07, 6.45) is 5.84. The predicted molar refractivity (Wildman–Crippen MR) is 75.5 cm³/mol. The van der Waals surface area contributed by atoms with Crippen molar-refractivity contribution in [1.29, 1.82) is 0 Å². The molecule has 0 saturated heterocycles. The lowest BCUT2D eigenvalue weighted by Crippen LogP contribution is -2.35. The molecule has 0 spiro atoms. The average molecular weight is 325 g/mol. The van der Waals surface area contributed by atoms with Gasteiger partial charge in [-0.15, -0.1) is 0 Å². The fraction of sp³-hybridized carbons (Fsp3) is 0.429. The molecule has 1 fully saturated rings. The SMILES string of the molecule is NCC(c1occc1Br)N(Cc1ccco1)C1CC1. The van der Waals surface area contributed by atoms with E-state index in [2.05, 4.69) is 20.8 Å². The van der Waals surface area contributed by atoms with Crippen molar-refractivity contribution in [3.8, 4) is 0 Å². The zero-order valence-electron chi connectivity index (χ0n) is 10.6. The van der Waals surface area contributed by atoms with Crippen LogP contribution < -0.4 is 5.73 Å². The van der Waals surface area contributed by atoms with Gasteiger partial charge in [-0.25, -0.2) is 0 Å². The lowest BCUT2D eigenvalue weighted by molar-refractivity contribution is 0.148. The molecule has 2 N–H and O–H groups in total. The Morgan fingerprint density at radius 2 is 2.16 bits per heavy atom. The van der Waals surface area contributed by atoms with E-state index in [1.807, 2.05) is 18.2 Å². The van der Waals surface area contributed by atoms with Crippen LogP contribution in [0.25, 0.3) is 0 Å². The van der Waals surface area contributed by atoms with E-state index in [-0.39, 0.29) is 6.04 Å². The summed E-state index contributed by atoms with van der Waals surface area (Å²) in [5, 5.41) is 0. The van der Waals surface area contributed by atoms with Crippen LogP contribution >= 0.6 is 15.9 Å². The van der Waals surface area contributed by atoms with Crippen LogP contribution in [0.3, 0.4) is 0 Å². The summed E-state index contributed by atoms with van der Waals surface area (Å²) in [5.74, 6) is 1.87. The fourth-order valence-electron chi connectivity index (χ4n) is 2.42. The summed E-state index contributed by atoms with van der Waals surface area (Å²) in [6, 6.07) is 6.49. The van der Waals surface area contributed by atoms with Crippen molar-refractivity contribution in [2.24, 2.45) is 5.73 Å². The highest BCUT2D eigenvalue weighted by atomic mass is 79.9. The van der Waals surface area contributed by atoms with Gasteiger partial charge < -0.3 is 14.6 Å². The van der Waals surface area contributed by atoms with Crippen LogP contribution in [0.4, 0.5) is 0 Å². The minimum absolute atomic E-state index is 0.0852. The Morgan fingerprint density at radius 1 is 1.32 bits per heavy atom. The number of hydrogen-bond acceptors (Lipinski definition) is 4. The summed E-state index contributed by atoms with van der Waals surface area (Å²) >= 11 is 3.52. The minimum atomic E-state index is 0.0852. The maximum absolute atomic E-state index is 5.98. The predicted octanol–water partition coefficient (Wildman–Crippen LogP) is 3.30. The van der Waals surface area contributed by atoms with Gasteiger partial charge in [0.2, 0.25) is 0 Å². The maximum Gasteiger partial charge on any atom is 0.136 e. The van der Waals surface area contributed by atoms with Gasteiger partial charge >= 0.3 is 0 Å². The molecule has 4 nitrogen and oxygen atoms in total. The van der Waals surface area contributed by atoms with Crippen molar-refractivity contribution in [3.63, 3.8) is 0 Å². The molecule has 1 saturated carbocycles. The van der Waals surface area contributed by atoms with E-state index in [1.165, 1.54) is 12.8 Å². The summed E-state index contributed by atoms with van der Waals surface area (Å²) < 4.78 is 12.0. The number of nitrogens with two attached hydrogens (primary N) is 1. The van der Waals surface area contributed by atoms with Crippen LogP contribution in [0.2, 0.25) is 0 Å². The summed E-state index contributed by atoms with van der Waals surface area (Å²) in [6.45, 7) is 1.30. The van der Waals surface area contributed by atoms with Crippen LogP contribution in [0.1, 0.15) is 30.4 Å². The first-order valence-electron chi connectivity index (χ1n) is 6.50. The van der Waals surface area contributed by atoms with Crippen molar-refractivity contribution < 1.29 is 8.83 Å². The lowest BCUT2D eigenvalue weighted by Gasteiger charge is -2.29. The van der Waals surface area contributed by atoms with E-state index >= 15 is 0 Å². The number of halogens is 1. The number of furan rings is 2. The molecule has 1 aliphatic carbocycles. The second kappa shape index (κ2) is 5.53. The Hall–Kier alpha value is -1.04. The number of nitrogens with zero attached hydrogens (tertiary/aromatic N) is 1. The van der Waals surface area contributed by atoms with E-state index in [9.17, 15) is 0 Å². The van der Waals surface area contributed by atoms with Gasteiger partial charge in [0.15, 0.2) is 0 Å². The fourth-order valence-corrected chi connectivity index (χ4v) is 2.88. The Morgan fingerprint density at radius 3 is 2.68 bits per heavy atom. The smallest absolute Gasteiger partial charge is 0.136 e. The Bertz CT molecular complexity index is 519. The Balaban J connectivity index is 1.83. The third kappa shape index (κ3) is 2.78. The van der Waals surface area contributed by atoms with E-state index in [0.717, 1.165) is 22.5 Å². The first kappa shape index (κ1) is 13.0. The van der Waals surface area contributed by atoms with Gasteiger partial charge in [0.1, 0.15) is 11.5 Å². The number of rotatable bonds is 6. The second-order valence-electron chi connectivity index (χ2n) is 4.87. The minimum Gasteiger partial charge on any atom is -0.468 e. The largest absolute Gasteiger partial charge is 0.468 e. The standard InChI is InChI=1S/C14H17BrN2O2/c15-12-5-7-19-14(12)13(8-16)17(10-3-4-10)9-11-2-1-6-18-11/h1-2,5-7,10,13H,3-4,8-9,16H2. The molecular weight excluding hydrogens is 308 g/mol. The normalized spacial score (nSPS) is 17.0. The van der Waals surface area contributed by atoms with Gasteiger partial charge in [-0.1, -0.05) is 0 Å². The van der Waals surface area contributed by atoms with Crippen LogP contribution in [0.5, 0.6) is 0 Å². The van der Waals surface area contributed by atoms with E-state index < -0.39 is 0 Å². The van der Waals surface area contributed by atoms with Crippen molar-refractivity contribution in [2.75, 3.05) is 6.54 Å². The van der Waals surface area contributed by atoms with Gasteiger partial charge in [-0.2, -0.15) is 0 Å². The zero-order valence-corrected chi connectivity index (χ0v) is 12.2. The molecule has 3 rings (SSSR count). The molecule has 0 aromatic carbocycles. The maximum atomic E-state index is 5.98. The Kier molecular flexibility index (Phi) is 3.77. The summed E-state index contributed by atoms with van der Waals surface area (Å²) in [5.41, 5.74) is 5.98. The van der Waals surface area contributed by atoms with Crippen LogP contribution in [0.15, 0.2) is 44.0 Å². The van der Waals surface area contributed by atoms with E-state index in [1.54, 1.807) is 12.5 Å². The van der Waals surface area contributed by atoms with Crippen LogP contribution in [-0.2, 0) is 6.54 Å². The van der Waals surface area contributed by atoms with Gasteiger partial charge in [0.05, 0.1) is 29.6 Å². The molecule has 5 heteroatoms. The van der Waals surface area contributed by atoms with Gasteiger partial charge in [0.25, 0.3) is 0 Å². The number of hydrogen-bond donors (Lipinski definition) is 1. The second-order valence-corrected chi connectivity index (χ2v) is 5.72. The molecule has 0 amide bonds. The molecule has 0 bridgehead atoms. The third-order valence-corrected chi connectivity index (χ3v) is 4.16. The molecule has 1 aliphatic rings. The first-order valence-corrected chi connectivity index (χ1v) is 7.30. The van der Waals surface area contributed by atoms with Crippen LogP contribution in [0, 0.1) is 0 Å². The summed E-state index contributed by atoms with van der Waals surface area (Å²) in [4.78, 5) is 2.38. The highest BCUT2D eigenvalue weighted by Crippen LogP contribution is 2.37. The highest BCUT2D eigenvalue weighted by molar-refractivity contribution is 9.10. The van der Waals surface area contributed by atoms with Crippen molar-refractivity contribution >= 4 is 15.9 Å². The van der Waals surface area contributed by atoms with E-state index in [0.29, 0.717) is 12.6 Å². The average Bonchev–Trinajstić information content (AvgIpc) is 2.97. The molecule has 0 radical (unpaired) electrons. The zero-order chi connectivity index (χ0) is 13.2. The molecule has 1 unspecified atom stereocenters. The molecule has 0 aliphatic heterocycles. The molecule has 1 atom stereocenters. The third-order valence-electron chi connectivity index (χ3n) is 3.51. The quantitative estimate of drug-likeness (QED) is 0.885. The van der Waals surface area contributed by atoms with Crippen molar-refractivity contribution in [2.45, 2.75) is 31.5 Å². The topological polar surface area (TPSA) is 55.5 Å². The molecule has 2 aromatic rings. The molecule has 2 aromatic heterocycles. The van der Waals surface area contributed by atoms with Crippen molar-refractivity contribution in [1.82, 2.24) is 4.90 Å². The van der Waals surface area contributed by atoms with E-state index in [4.69, 9.17) is 14.6 Å². The van der Waals surface area contributed by atoms with Crippen LogP contribution in [-0.4, -0.2) is 17.5 Å². The molecule has 2 heterocycles. The van der Waals surface area contributed by atoms with Gasteiger partial charge in [-0.3, -0.25) is 4.90 Å². The lowest BCUT2D eigenvalue weighted by atomic mass is 10.1. The van der Waals surface area contributed by atoms with Gasteiger partial charge in [0, 0.05) is 12.6 Å². The first-order chi connectivity index (χ1) is 9.29. The molecule has 102 valence electrons. The molecular formula is C14H17BrN2O2. The summed E-state index contributed by atoms with van der Waals surface area (Å²) in [7, 11) is 0. The van der Waals surface area contributed by atoms with Crippen molar-refractivity contribution in [3.05, 3.63) is 46.7 Å². The van der Waals surface area contributed by atoms with Gasteiger partial charge in [-0.05, 0) is 47.0 Å². The monoisotopic (exact) mass is 324 g/mol. The molecule has 19 heavy (non-hydrogen) atoms. The highest BCUT2D eigenvalue weighted by Gasteiger charge is 2.36.